The molecule has 0 aliphatic rings. The SMILES string of the molecule is CCOC=O.O=C(O)c1ccccc1. The fourth-order valence-electron chi connectivity index (χ4n) is 0.649. The molecule has 0 aliphatic carbocycles. The van der Waals surface area contributed by atoms with Crippen LogP contribution in [-0.2, 0) is 9.53 Å². The Balaban J connectivity index is 0.000000292. The predicted octanol–water partition coefficient (Wildman–Crippen LogP) is 1.56. The summed E-state index contributed by atoms with van der Waals surface area (Å²) in [5, 5.41) is 8.38. The predicted molar refractivity (Wildman–Crippen MR) is 51.1 cm³/mol. The highest BCUT2D eigenvalue weighted by Crippen LogP contribution is 1.96. The lowest BCUT2D eigenvalue weighted by molar-refractivity contribution is -0.128. The first-order chi connectivity index (χ1) is 6.72. The lowest BCUT2D eigenvalue weighted by Gasteiger charge is -1.88. The maximum absolute atomic E-state index is 10.2. The molecule has 0 bridgehead atoms. The van der Waals surface area contributed by atoms with Gasteiger partial charge in [-0.1, -0.05) is 18.2 Å². The van der Waals surface area contributed by atoms with E-state index in [0.717, 1.165) is 0 Å². The molecule has 0 radical (unpaired) electrons. The van der Waals surface area contributed by atoms with Crippen LogP contribution in [0.5, 0.6) is 0 Å². The van der Waals surface area contributed by atoms with E-state index in [0.29, 0.717) is 18.6 Å². The third-order valence-electron chi connectivity index (χ3n) is 1.26. The van der Waals surface area contributed by atoms with E-state index in [4.69, 9.17) is 5.11 Å². The Morgan fingerprint density at radius 1 is 1.43 bits per heavy atom. The zero-order chi connectivity index (χ0) is 10.8. The third-order valence-corrected chi connectivity index (χ3v) is 1.26. The fourth-order valence-corrected chi connectivity index (χ4v) is 0.649. The van der Waals surface area contributed by atoms with E-state index < -0.39 is 5.97 Å². The van der Waals surface area contributed by atoms with Gasteiger partial charge in [0.05, 0.1) is 12.2 Å². The Labute approximate surface area is 82.1 Å². The second-order valence-corrected chi connectivity index (χ2v) is 2.22. The molecule has 0 aromatic heterocycles. The van der Waals surface area contributed by atoms with Crippen molar-refractivity contribution < 1.29 is 19.4 Å². The van der Waals surface area contributed by atoms with Crippen molar-refractivity contribution in [3.8, 4) is 0 Å². The van der Waals surface area contributed by atoms with Crippen LogP contribution < -0.4 is 0 Å². The number of aromatic carboxylic acids is 1. The van der Waals surface area contributed by atoms with Crippen molar-refractivity contribution in [2.24, 2.45) is 0 Å². The number of hydrogen-bond donors (Lipinski definition) is 1. The van der Waals surface area contributed by atoms with E-state index in [9.17, 15) is 9.59 Å². The highest BCUT2D eigenvalue weighted by molar-refractivity contribution is 5.87. The van der Waals surface area contributed by atoms with Gasteiger partial charge < -0.3 is 9.84 Å². The number of hydrogen-bond acceptors (Lipinski definition) is 3. The molecule has 0 unspecified atom stereocenters. The van der Waals surface area contributed by atoms with Crippen LogP contribution in [0.4, 0.5) is 0 Å². The van der Waals surface area contributed by atoms with Gasteiger partial charge in [0, 0.05) is 0 Å². The lowest BCUT2D eigenvalue weighted by Crippen LogP contribution is -1.93. The normalized spacial score (nSPS) is 8.07. The molecule has 0 saturated heterocycles. The summed E-state index contributed by atoms with van der Waals surface area (Å²) < 4.78 is 4.15. The van der Waals surface area contributed by atoms with E-state index in [1.807, 2.05) is 0 Å². The van der Waals surface area contributed by atoms with Gasteiger partial charge in [0.1, 0.15) is 0 Å². The summed E-state index contributed by atoms with van der Waals surface area (Å²) in [6, 6.07) is 8.30. The zero-order valence-corrected chi connectivity index (χ0v) is 7.84. The number of carbonyl (C=O) groups excluding carboxylic acids is 1. The van der Waals surface area contributed by atoms with Crippen LogP contribution in [0.2, 0.25) is 0 Å². The van der Waals surface area contributed by atoms with Crippen LogP contribution in [0.3, 0.4) is 0 Å². The van der Waals surface area contributed by atoms with Crippen molar-refractivity contribution in [3.05, 3.63) is 35.9 Å². The second kappa shape index (κ2) is 7.79. The van der Waals surface area contributed by atoms with Crippen LogP contribution in [-0.4, -0.2) is 24.2 Å². The van der Waals surface area contributed by atoms with Crippen LogP contribution >= 0.6 is 0 Å². The first-order valence-electron chi connectivity index (χ1n) is 4.06. The minimum Gasteiger partial charge on any atom is -0.478 e. The van der Waals surface area contributed by atoms with Crippen molar-refractivity contribution in [2.45, 2.75) is 6.92 Å². The number of ether oxygens (including phenoxy) is 1. The molecule has 76 valence electrons. The molecule has 0 atom stereocenters. The van der Waals surface area contributed by atoms with E-state index in [1.54, 1.807) is 37.3 Å². The first-order valence-corrected chi connectivity index (χ1v) is 4.06. The van der Waals surface area contributed by atoms with Crippen molar-refractivity contribution in [3.63, 3.8) is 0 Å². The van der Waals surface area contributed by atoms with Gasteiger partial charge in [0.25, 0.3) is 6.47 Å². The first kappa shape index (κ1) is 12.2. The number of carbonyl (C=O) groups is 2. The Morgan fingerprint density at radius 3 is 2.21 bits per heavy atom. The summed E-state index contributed by atoms with van der Waals surface area (Å²) in [4.78, 5) is 19.4. The van der Waals surface area contributed by atoms with Gasteiger partial charge >= 0.3 is 5.97 Å². The Hall–Kier alpha value is -1.84. The fraction of sp³-hybridized carbons (Fsp3) is 0.200. The molecule has 1 aromatic rings. The Kier molecular flexibility index (Phi) is 6.77. The highest BCUT2D eigenvalue weighted by Gasteiger charge is 1.96. The third kappa shape index (κ3) is 5.77. The summed E-state index contributed by atoms with van der Waals surface area (Å²) in [6.07, 6.45) is 0. The van der Waals surface area contributed by atoms with E-state index in [2.05, 4.69) is 4.74 Å². The molecule has 0 heterocycles. The van der Waals surface area contributed by atoms with Crippen molar-refractivity contribution >= 4 is 12.4 Å². The number of benzene rings is 1. The van der Waals surface area contributed by atoms with Gasteiger partial charge in [-0.05, 0) is 19.1 Å². The minimum atomic E-state index is -0.879. The molecule has 0 spiro atoms. The highest BCUT2D eigenvalue weighted by atomic mass is 16.5. The largest absolute Gasteiger partial charge is 0.478 e. The molecule has 0 saturated carbocycles. The smallest absolute Gasteiger partial charge is 0.335 e. The minimum absolute atomic E-state index is 0.331. The van der Waals surface area contributed by atoms with Crippen LogP contribution in [0.1, 0.15) is 17.3 Å². The van der Waals surface area contributed by atoms with Gasteiger partial charge in [0.2, 0.25) is 0 Å². The summed E-state index contributed by atoms with van der Waals surface area (Å²) >= 11 is 0. The standard InChI is InChI=1S/C7H6O2.C3H6O2/c8-7(9)6-4-2-1-3-5-6;1-2-5-3-4/h1-5H,(H,8,9);3H,2H2,1H3. The second-order valence-electron chi connectivity index (χ2n) is 2.22. The lowest BCUT2D eigenvalue weighted by atomic mass is 10.2. The summed E-state index contributed by atoms with van der Waals surface area (Å²) in [7, 11) is 0. The average Bonchev–Trinajstić information content (AvgIpc) is 2.21. The van der Waals surface area contributed by atoms with E-state index >= 15 is 0 Å². The summed E-state index contributed by atoms with van der Waals surface area (Å²) in [6.45, 7) is 2.66. The van der Waals surface area contributed by atoms with Crippen LogP contribution in [0.15, 0.2) is 30.3 Å². The van der Waals surface area contributed by atoms with Crippen LogP contribution in [0, 0.1) is 0 Å². The number of rotatable bonds is 3. The molecule has 1 N–H and O–H groups in total. The summed E-state index contributed by atoms with van der Waals surface area (Å²) in [5.41, 5.74) is 0.331. The molecule has 14 heavy (non-hydrogen) atoms. The number of carboxylic acid groups (broad SMARTS) is 1. The average molecular weight is 196 g/mol. The molecule has 4 nitrogen and oxygen atoms in total. The molecule has 1 rings (SSSR count). The maximum Gasteiger partial charge on any atom is 0.335 e. The van der Waals surface area contributed by atoms with Crippen molar-refractivity contribution in [1.29, 1.82) is 0 Å². The molecule has 0 aliphatic heterocycles. The van der Waals surface area contributed by atoms with Gasteiger partial charge in [-0.15, -0.1) is 0 Å². The van der Waals surface area contributed by atoms with E-state index in [-0.39, 0.29) is 0 Å². The van der Waals surface area contributed by atoms with Gasteiger partial charge in [-0.25, -0.2) is 4.79 Å². The Morgan fingerprint density at radius 2 is 2.00 bits per heavy atom. The molecule has 0 fully saturated rings. The van der Waals surface area contributed by atoms with E-state index in [1.165, 1.54) is 0 Å². The molecule has 1 aromatic carbocycles. The number of carboxylic acids is 1. The molecular weight excluding hydrogens is 184 g/mol. The molecule has 0 amide bonds. The summed E-state index contributed by atoms with van der Waals surface area (Å²) in [5.74, 6) is -0.879. The maximum atomic E-state index is 10.2. The zero-order valence-electron chi connectivity index (χ0n) is 7.84. The van der Waals surface area contributed by atoms with Gasteiger partial charge in [0.15, 0.2) is 0 Å². The van der Waals surface area contributed by atoms with Gasteiger partial charge in [-0.3, -0.25) is 4.79 Å². The molecular formula is C10H12O4. The Bertz CT molecular complexity index is 269. The van der Waals surface area contributed by atoms with Gasteiger partial charge in [-0.2, -0.15) is 0 Å². The van der Waals surface area contributed by atoms with Crippen molar-refractivity contribution in [1.82, 2.24) is 0 Å². The monoisotopic (exact) mass is 196 g/mol. The molecule has 4 heteroatoms. The topological polar surface area (TPSA) is 63.6 Å². The quantitative estimate of drug-likeness (QED) is 0.745. The van der Waals surface area contributed by atoms with Crippen LogP contribution in [0.25, 0.3) is 0 Å². The van der Waals surface area contributed by atoms with Crippen molar-refractivity contribution in [2.75, 3.05) is 6.61 Å².